The Morgan fingerprint density at radius 1 is 1.03 bits per heavy atom. The first-order valence-corrected chi connectivity index (χ1v) is 12.5. The van der Waals surface area contributed by atoms with Crippen molar-refractivity contribution in [2.45, 2.75) is 76.5 Å². The number of rotatable bonds is 11. The van der Waals surface area contributed by atoms with Crippen molar-refractivity contribution in [1.29, 1.82) is 0 Å². The molecule has 0 saturated carbocycles. The molecule has 0 spiro atoms. The number of nitrogens with zero attached hydrogens (tertiary/aromatic N) is 1. The fourth-order valence-corrected chi connectivity index (χ4v) is 4.65. The van der Waals surface area contributed by atoms with Gasteiger partial charge in [0, 0.05) is 11.1 Å². The number of benzene rings is 1. The number of unbranched alkanes of at least 4 members (excludes halogenated alkanes) is 7. The Labute approximate surface area is 184 Å². The van der Waals surface area contributed by atoms with E-state index in [4.69, 9.17) is 4.42 Å². The van der Waals surface area contributed by atoms with Gasteiger partial charge in [0.1, 0.15) is 0 Å². The molecule has 31 heavy (non-hydrogen) atoms. The molecule has 3 aromatic rings. The molecule has 0 aliphatic rings. The van der Waals surface area contributed by atoms with Gasteiger partial charge in [-0.05, 0) is 55.7 Å². The van der Waals surface area contributed by atoms with Crippen molar-refractivity contribution < 1.29 is 22.2 Å². The predicted molar refractivity (Wildman–Crippen MR) is 121 cm³/mol. The summed E-state index contributed by atoms with van der Waals surface area (Å²) >= 11 is 0. The third-order valence-electron chi connectivity index (χ3n) is 5.82. The van der Waals surface area contributed by atoms with Crippen LogP contribution in [0.15, 0.2) is 45.9 Å². The predicted octanol–water partition coefficient (Wildman–Crippen LogP) is 6.16. The minimum absolute atomic E-state index is 0.167. The quantitative estimate of drug-likeness (QED) is 0.282. The topological polar surface area (TPSA) is 89.5 Å². The van der Waals surface area contributed by atoms with Gasteiger partial charge in [-0.3, -0.25) is 13.9 Å². The van der Waals surface area contributed by atoms with E-state index in [-0.39, 0.29) is 16.6 Å². The third-order valence-corrected chi connectivity index (χ3v) is 6.67. The zero-order chi connectivity index (χ0) is 22.4. The molecule has 0 bridgehead atoms. The molecular formula is C24H31NO5S. The number of fused-ring (bicyclic) bond motifs is 1. The molecule has 1 N–H and O–H groups in total. The van der Waals surface area contributed by atoms with Gasteiger partial charge in [0.25, 0.3) is 16.0 Å². The van der Waals surface area contributed by atoms with Gasteiger partial charge in [0.15, 0.2) is 5.76 Å². The first-order chi connectivity index (χ1) is 14.8. The lowest BCUT2D eigenvalue weighted by Gasteiger charge is -2.06. The molecule has 2 heterocycles. The van der Waals surface area contributed by atoms with Crippen LogP contribution in [0.25, 0.3) is 10.9 Å². The Morgan fingerprint density at radius 2 is 1.71 bits per heavy atom. The number of carbonyl (C=O) groups excluding carboxylic acids is 1. The van der Waals surface area contributed by atoms with Crippen LogP contribution in [0.4, 0.5) is 0 Å². The van der Waals surface area contributed by atoms with Crippen LogP contribution in [-0.2, 0) is 16.5 Å². The second-order valence-corrected chi connectivity index (χ2v) is 9.48. The summed E-state index contributed by atoms with van der Waals surface area (Å²) in [5.74, 6) is -0.0771. The molecule has 0 fully saturated rings. The highest BCUT2D eigenvalue weighted by Crippen LogP contribution is 2.30. The third kappa shape index (κ3) is 5.46. The largest absolute Gasteiger partial charge is 0.459 e. The SMILES string of the molecule is CCCCCCCCCCc1c(C)n(C(=O)c2ccco2)c2ccc(S(=O)(=O)O)cc12. The smallest absolute Gasteiger partial charge is 0.298 e. The molecule has 0 unspecified atom stereocenters. The molecule has 0 aliphatic heterocycles. The highest BCUT2D eigenvalue weighted by molar-refractivity contribution is 7.85. The first kappa shape index (κ1) is 23.3. The summed E-state index contributed by atoms with van der Waals surface area (Å²) < 4.78 is 39.7. The average Bonchev–Trinajstić information content (AvgIpc) is 3.35. The lowest BCUT2D eigenvalue weighted by molar-refractivity contribution is 0.0935. The number of carbonyl (C=O) groups is 1. The van der Waals surface area contributed by atoms with E-state index in [0.717, 1.165) is 30.5 Å². The molecule has 0 atom stereocenters. The van der Waals surface area contributed by atoms with Crippen molar-refractivity contribution in [1.82, 2.24) is 4.57 Å². The Bertz CT molecular complexity index is 1130. The maximum Gasteiger partial charge on any atom is 0.298 e. The first-order valence-electron chi connectivity index (χ1n) is 11.0. The Kier molecular flexibility index (Phi) is 7.73. The van der Waals surface area contributed by atoms with Gasteiger partial charge in [-0.1, -0.05) is 51.9 Å². The normalized spacial score (nSPS) is 12.0. The van der Waals surface area contributed by atoms with Gasteiger partial charge in [0.05, 0.1) is 16.7 Å². The van der Waals surface area contributed by atoms with Crippen molar-refractivity contribution in [2.75, 3.05) is 0 Å². The van der Waals surface area contributed by atoms with E-state index in [9.17, 15) is 17.8 Å². The standard InChI is InChI=1S/C24H31NO5S/c1-3-4-5-6-7-8-9-10-12-20-18(2)25(24(26)23-13-11-16-30-23)22-15-14-19(17-21(20)22)31(27,28)29/h11,13-17H,3-10,12H2,1-2H3,(H,27,28,29). The van der Waals surface area contributed by atoms with Crippen molar-refractivity contribution in [3.63, 3.8) is 0 Å². The van der Waals surface area contributed by atoms with E-state index in [1.54, 1.807) is 22.8 Å². The van der Waals surface area contributed by atoms with Crippen molar-refractivity contribution in [2.24, 2.45) is 0 Å². The minimum Gasteiger partial charge on any atom is -0.459 e. The molecule has 0 amide bonds. The molecule has 2 aromatic heterocycles. The zero-order valence-electron chi connectivity index (χ0n) is 18.3. The molecule has 0 aliphatic carbocycles. The second-order valence-electron chi connectivity index (χ2n) is 8.06. The maximum atomic E-state index is 13.0. The highest BCUT2D eigenvalue weighted by atomic mass is 32.2. The van der Waals surface area contributed by atoms with E-state index in [0.29, 0.717) is 10.9 Å². The van der Waals surface area contributed by atoms with E-state index in [2.05, 4.69) is 6.92 Å². The van der Waals surface area contributed by atoms with Crippen LogP contribution in [0.3, 0.4) is 0 Å². The summed E-state index contributed by atoms with van der Waals surface area (Å²) in [5, 5.41) is 0.676. The fourth-order valence-electron chi connectivity index (χ4n) is 4.15. The molecule has 6 nitrogen and oxygen atoms in total. The second kappa shape index (κ2) is 10.3. The molecule has 0 saturated heterocycles. The molecule has 3 rings (SSSR count). The maximum absolute atomic E-state index is 13.0. The summed E-state index contributed by atoms with van der Waals surface area (Å²) in [5.41, 5.74) is 2.32. The Balaban J connectivity index is 1.86. The molecule has 0 radical (unpaired) electrons. The average molecular weight is 446 g/mol. The monoisotopic (exact) mass is 445 g/mol. The zero-order valence-corrected chi connectivity index (χ0v) is 19.1. The summed E-state index contributed by atoms with van der Waals surface area (Å²) in [6.45, 7) is 4.08. The Hall–Kier alpha value is -2.38. The van der Waals surface area contributed by atoms with Crippen LogP contribution in [-0.4, -0.2) is 23.4 Å². The lowest BCUT2D eigenvalue weighted by atomic mass is 10.0. The molecule has 7 heteroatoms. The van der Waals surface area contributed by atoms with Crippen LogP contribution in [0.2, 0.25) is 0 Å². The highest BCUT2D eigenvalue weighted by Gasteiger charge is 2.23. The number of hydrogen-bond donors (Lipinski definition) is 1. The summed E-state index contributed by atoms with van der Waals surface area (Å²) in [4.78, 5) is 12.9. The molecule has 1 aromatic carbocycles. The van der Waals surface area contributed by atoms with Gasteiger partial charge in [0.2, 0.25) is 0 Å². The van der Waals surface area contributed by atoms with E-state index >= 15 is 0 Å². The van der Waals surface area contributed by atoms with Crippen molar-refractivity contribution in [3.05, 3.63) is 53.6 Å². The van der Waals surface area contributed by atoms with Crippen LogP contribution >= 0.6 is 0 Å². The number of aryl methyl sites for hydroxylation is 1. The van der Waals surface area contributed by atoms with Crippen LogP contribution in [0.5, 0.6) is 0 Å². The fraction of sp³-hybridized carbons (Fsp3) is 0.458. The van der Waals surface area contributed by atoms with Gasteiger partial charge in [-0.25, -0.2) is 0 Å². The van der Waals surface area contributed by atoms with Crippen molar-refractivity contribution in [3.8, 4) is 0 Å². The van der Waals surface area contributed by atoms with E-state index in [1.165, 1.54) is 56.9 Å². The molecular weight excluding hydrogens is 414 g/mol. The Morgan fingerprint density at radius 3 is 2.32 bits per heavy atom. The number of aromatic nitrogens is 1. The molecule has 168 valence electrons. The van der Waals surface area contributed by atoms with Gasteiger partial charge in [-0.15, -0.1) is 0 Å². The van der Waals surface area contributed by atoms with Crippen LogP contribution in [0.1, 0.15) is 80.1 Å². The summed E-state index contributed by atoms with van der Waals surface area (Å²) in [6, 6.07) is 7.63. The lowest BCUT2D eigenvalue weighted by Crippen LogP contribution is -2.13. The van der Waals surface area contributed by atoms with Crippen molar-refractivity contribution >= 4 is 26.9 Å². The van der Waals surface area contributed by atoms with Crippen LogP contribution in [0, 0.1) is 6.92 Å². The van der Waals surface area contributed by atoms with Gasteiger partial charge >= 0.3 is 0 Å². The minimum atomic E-state index is -4.33. The van der Waals surface area contributed by atoms with Gasteiger partial charge < -0.3 is 4.42 Å². The van der Waals surface area contributed by atoms with Crippen LogP contribution < -0.4 is 0 Å². The number of furan rings is 1. The number of hydrogen-bond acceptors (Lipinski definition) is 4. The van der Waals surface area contributed by atoms with Gasteiger partial charge in [-0.2, -0.15) is 8.42 Å². The summed E-state index contributed by atoms with van der Waals surface area (Å²) in [6.07, 6.45) is 11.7. The van der Waals surface area contributed by atoms with E-state index < -0.39 is 10.1 Å². The van der Waals surface area contributed by atoms with E-state index in [1.807, 2.05) is 6.92 Å². The summed E-state index contributed by atoms with van der Waals surface area (Å²) in [7, 11) is -4.33.